The number of amides is 2. The molecular weight excluding hydrogens is 463 g/mol. The van der Waals surface area contributed by atoms with Crippen LogP contribution in [-0.2, 0) is 9.59 Å². The molecule has 1 aliphatic heterocycles. The van der Waals surface area contributed by atoms with Crippen molar-refractivity contribution in [3.05, 3.63) is 88.9 Å². The van der Waals surface area contributed by atoms with Gasteiger partial charge < -0.3 is 0 Å². The summed E-state index contributed by atoms with van der Waals surface area (Å²) in [6.45, 7) is 3.49. The molecule has 35 heavy (non-hydrogen) atoms. The molecule has 4 aromatic rings. The zero-order chi connectivity index (χ0) is 24.7. The summed E-state index contributed by atoms with van der Waals surface area (Å²) in [6, 6.07) is 19.7. The second kappa shape index (κ2) is 8.78. The number of aromatic nitrogens is 2. The Morgan fingerprint density at radius 2 is 1.80 bits per heavy atom. The maximum atomic E-state index is 13.4. The predicted molar refractivity (Wildman–Crippen MR) is 133 cm³/mol. The van der Waals surface area contributed by atoms with Crippen LogP contribution < -0.4 is 0 Å². The summed E-state index contributed by atoms with van der Waals surface area (Å²) in [7, 11) is 0. The lowest BCUT2D eigenvalue weighted by Crippen LogP contribution is -2.42. The fraction of sp³-hybridized carbons (Fsp3) is 0.111. The first-order valence-corrected chi connectivity index (χ1v) is 11.8. The molecule has 0 spiro atoms. The third-order valence-corrected chi connectivity index (χ3v) is 6.96. The first-order chi connectivity index (χ1) is 16.9. The monoisotopic (exact) mass is 482 g/mol. The minimum Gasteiger partial charge on any atom is -0.294 e. The van der Waals surface area contributed by atoms with Crippen molar-refractivity contribution in [1.29, 1.82) is 5.26 Å². The molecule has 0 aliphatic carbocycles. The van der Waals surface area contributed by atoms with Crippen LogP contribution in [0.3, 0.4) is 0 Å². The maximum Gasteiger partial charge on any atom is 0.271 e. The van der Waals surface area contributed by atoms with Gasteiger partial charge in [0, 0.05) is 29.1 Å². The number of carbonyl (C=O) groups excluding carboxylic acids is 2. The molecule has 2 aromatic carbocycles. The maximum absolute atomic E-state index is 13.4. The van der Waals surface area contributed by atoms with E-state index >= 15 is 0 Å². The molecule has 0 atom stereocenters. The van der Waals surface area contributed by atoms with E-state index in [-0.39, 0.29) is 17.9 Å². The van der Waals surface area contributed by atoms with Gasteiger partial charge in [-0.15, -0.1) is 11.3 Å². The number of imide groups is 1. The summed E-state index contributed by atoms with van der Waals surface area (Å²) < 4.78 is 16.2. The summed E-state index contributed by atoms with van der Waals surface area (Å²) in [4.78, 5) is 31.6. The molecule has 8 heteroatoms. The number of hydrogen-bond acceptors (Lipinski definition) is 5. The Morgan fingerprint density at radius 3 is 2.46 bits per heavy atom. The summed E-state index contributed by atoms with van der Waals surface area (Å²) >= 11 is 1.46. The third kappa shape index (κ3) is 3.76. The Bertz CT molecular complexity index is 1590. The van der Waals surface area contributed by atoms with E-state index in [0.29, 0.717) is 22.5 Å². The third-order valence-electron chi connectivity index (χ3n) is 5.92. The minimum atomic E-state index is -0.570. The number of nitriles is 1. The van der Waals surface area contributed by atoms with E-state index in [2.05, 4.69) is 0 Å². The summed E-state index contributed by atoms with van der Waals surface area (Å²) in [5.74, 6) is -1.31. The van der Waals surface area contributed by atoms with Crippen molar-refractivity contribution >= 4 is 39.6 Å². The Kier molecular flexibility index (Phi) is 5.63. The highest BCUT2D eigenvalue weighted by molar-refractivity contribution is 7.21. The molecule has 5 rings (SSSR count). The summed E-state index contributed by atoms with van der Waals surface area (Å²) in [6.07, 6.45) is 1.71. The molecule has 0 N–H and O–H groups in total. The van der Waals surface area contributed by atoms with Gasteiger partial charge >= 0.3 is 0 Å². The number of hydrogen-bond donors (Lipinski definition) is 0. The van der Waals surface area contributed by atoms with Gasteiger partial charge in [-0.05, 0) is 68.0 Å². The Labute approximate surface area is 204 Å². The molecule has 3 heterocycles. The fourth-order valence-electron chi connectivity index (χ4n) is 4.13. The molecule has 172 valence electrons. The zero-order valence-corrected chi connectivity index (χ0v) is 19.8. The number of rotatable bonds is 4. The standard InChI is InChI=1S/C27H19FN4O2S/c1-3-31-26(33)21(16(2)22(15-29)27(31)34)13-20-14-23-24(32(20)19-7-5-4-6-8-19)30-25(35-23)17-9-11-18(28)12-10-17/h4-14H,3H2,1-2H3/b21-13-. The molecule has 0 radical (unpaired) electrons. The smallest absolute Gasteiger partial charge is 0.271 e. The first-order valence-electron chi connectivity index (χ1n) is 11.0. The number of likely N-dealkylation sites (N-methyl/N-ethyl adjacent to an activating group) is 1. The molecule has 2 amide bonds. The molecule has 0 bridgehead atoms. The lowest BCUT2D eigenvalue weighted by Gasteiger charge is -2.26. The van der Waals surface area contributed by atoms with Crippen LogP contribution in [0, 0.1) is 17.1 Å². The number of benzene rings is 2. The van der Waals surface area contributed by atoms with E-state index in [0.717, 1.165) is 25.9 Å². The van der Waals surface area contributed by atoms with Crippen molar-refractivity contribution in [3.63, 3.8) is 0 Å². The van der Waals surface area contributed by atoms with Gasteiger partial charge in [0.2, 0.25) is 0 Å². The van der Waals surface area contributed by atoms with Gasteiger partial charge in [0.15, 0.2) is 5.65 Å². The van der Waals surface area contributed by atoms with Crippen molar-refractivity contribution in [1.82, 2.24) is 14.5 Å². The predicted octanol–water partition coefficient (Wildman–Crippen LogP) is 5.51. The van der Waals surface area contributed by atoms with Crippen molar-refractivity contribution in [2.75, 3.05) is 6.54 Å². The lowest BCUT2D eigenvalue weighted by atomic mass is 9.94. The molecule has 0 saturated heterocycles. The van der Waals surface area contributed by atoms with E-state index in [9.17, 15) is 19.2 Å². The number of nitrogens with zero attached hydrogens (tertiary/aromatic N) is 4. The minimum absolute atomic E-state index is 0.0333. The first kappa shape index (κ1) is 22.4. The van der Waals surface area contributed by atoms with Crippen LogP contribution in [0.2, 0.25) is 0 Å². The highest BCUT2D eigenvalue weighted by Gasteiger charge is 2.34. The van der Waals surface area contributed by atoms with E-state index in [4.69, 9.17) is 4.98 Å². The van der Waals surface area contributed by atoms with E-state index in [1.807, 2.05) is 47.0 Å². The number of thiazole rings is 1. The van der Waals surface area contributed by atoms with Gasteiger partial charge in [-0.25, -0.2) is 9.37 Å². The van der Waals surface area contributed by atoms with Crippen molar-refractivity contribution < 1.29 is 14.0 Å². The Balaban J connectivity index is 1.73. The van der Waals surface area contributed by atoms with Crippen LogP contribution in [0.25, 0.3) is 32.7 Å². The lowest BCUT2D eigenvalue weighted by molar-refractivity contribution is -0.140. The molecule has 6 nitrogen and oxygen atoms in total. The van der Waals surface area contributed by atoms with Gasteiger partial charge in [0.25, 0.3) is 11.8 Å². The molecule has 2 aromatic heterocycles. The van der Waals surface area contributed by atoms with E-state index in [1.54, 1.807) is 32.1 Å². The van der Waals surface area contributed by atoms with E-state index < -0.39 is 11.8 Å². The number of carbonyl (C=O) groups is 2. The largest absolute Gasteiger partial charge is 0.294 e. The highest BCUT2D eigenvalue weighted by Crippen LogP contribution is 2.36. The van der Waals surface area contributed by atoms with Crippen LogP contribution in [0.4, 0.5) is 4.39 Å². The second-order valence-corrected chi connectivity index (χ2v) is 9.01. The van der Waals surface area contributed by atoms with Gasteiger partial charge in [0.05, 0.1) is 4.70 Å². The molecule has 0 unspecified atom stereocenters. The van der Waals surface area contributed by atoms with Crippen molar-refractivity contribution in [2.24, 2.45) is 0 Å². The van der Waals surface area contributed by atoms with Crippen LogP contribution >= 0.6 is 11.3 Å². The molecular formula is C27H19FN4O2S. The molecule has 0 fully saturated rings. The van der Waals surface area contributed by atoms with Crippen LogP contribution in [0.5, 0.6) is 0 Å². The number of halogens is 1. The number of fused-ring (bicyclic) bond motifs is 1. The van der Waals surface area contributed by atoms with E-state index in [1.165, 1.54) is 23.5 Å². The Morgan fingerprint density at radius 1 is 1.09 bits per heavy atom. The molecule has 1 aliphatic rings. The van der Waals surface area contributed by atoms with Crippen molar-refractivity contribution in [2.45, 2.75) is 13.8 Å². The average molecular weight is 483 g/mol. The fourth-order valence-corrected chi connectivity index (χ4v) is 5.14. The topological polar surface area (TPSA) is 79.0 Å². The van der Waals surface area contributed by atoms with Crippen LogP contribution in [0.1, 0.15) is 19.5 Å². The zero-order valence-electron chi connectivity index (χ0n) is 18.9. The quantitative estimate of drug-likeness (QED) is 0.284. The Hall–Kier alpha value is -4.35. The SMILES string of the molecule is CCN1C(=O)C(C#N)=C(C)/C(=C/c2cc3sc(-c4ccc(F)cc4)nc3n2-c2ccccc2)C1=O. The molecule has 0 saturated carbocycles. The average Bonchev–Trinajstić information content (AvgIpc) is 3.41. The summed E-state index contributed by atoms with van der Waals surface area (Å²) in [5.41, 5.74) is 3.67. The normalized spacial score (nSPS) is 15.4. The van der Waals surface area contributed by atoms with Gasteiger partial charge in [0.1, 0.15) is 22.5 Å². The van der Waals surface area contributed by atoms with Gasteiger partial charge in [-0.3, -0.25) is 19.1 Å². The second-order valence-electron chi connectivity index (χ2n) is 7.98. The van der Waals surface area contributed by atoms with Crippen LogP contribution in [-0.4, -0.2) is 32.8 Å². The van der Waals surface area contributed by atoms with Crippen molar-refractivity contribution in [3.8, 4) is 22.3 Å². The van der Waals surface area contributed by atoms with Crippen LogP contribution in [0.15, 0.2) is 77.4 Å². The number of para-hydroxylation sites is 1. The van der Waals surface area contributed by atoms with Gasteiger partial charge in [-0.2, -0.15) is 5.26 Å². The highest BCUT2D eigenvalue weighted by atomic mass is 32.1. The van der Waals surface area contributed by atoms with Gasteiger partial charge in [-0.1, -0.05) is 18.2 Å². The summed E-state index contributed by atoms with van der Waals surface area (Å²) in [5, 5.41) is 10.3.